The maximum absolute atomic E-state index is 12.5. The number of rotatable bonds is 4. The highest BCUT2D eigenvalue weighted by Gasteiger charge is 2.19. The number of nitrogens with zero attached hydrogens (tertiary/aromatic N) is 1. The van der Waals surface area contributed by atoms with Crippen LogP contribution in [0.15, 0.2) is 57.9 Å². The fraction of sp³-hybridized carbons (Fsp3) is 0.118. The molecule has 0 atom stereocenters. The minimum atomic E-state index is -3.74. The van der Waals surface area contributed by atoms with Gasteiger partial charge in [-0.3, -0.25) is 0 Å². The van der Waals surface area contributed by atoms with Crippen LogP contribution in [-0.2, 0) is 10.0 Å². The number of aryl methyl sites for hydroxylation is 2. The Morgan fingerprint density at radius 2 is 1.75 bits per heavy atom. The van der Waals surface area contributed by atoms with E-state index in [9.17, 15) is 8.42 Å². The molecule has 0 saturated carbocycles. The summed E-state index contributed by atoms with van der Waals surface area (Å²) in [6, 6.07) is 13.7. The molecular formula is C17H15ClN2O3S. The topological polar surface area (TPSA) is 72.2 Å². The van der Waals surface area contributed by atoms with Gasteiger partial charge in [-0.1, -0.05) is 46.6 Å². The Balaban J connectivity index is 1.87. The number of nitrogens with one attached hydrogen (secondary N) is 1. The molecule has 0 bridgehead atoms. The van der Waals surface area contributed by atoms with E-state index < -0.39 is 10.0 Å². The number of aromatic nitrogens is 1. The third-order valence-electron chi connectivity index (χ3n) is 3.51. The highest BCUT2D eigenvalue weighted by Crippen LogP contribution is 2.25. The molecule has 0 aliphatic rings. The van der Waals surface area contributed by atoms with Crippen molar-refractivity contribution in [1.29, 1.82) is 0 Å². The van der Waals surface area contributed by atoms with E-state index in [4.69, 9.17) is 16.1 Å². The number of sulfonamides is 1. The van der Waals surface area contributed by atoms with Crippen LogP contribution in [0.2, 0.25) is 5.02 Å². The first-order valence-electron chi connectivity index (χ1n) is 7.18. The van der Waals surface area contributed by atoms with Gasteiger partial charge in [-0.2, -0.15) is 0 Å². The summed E-state index contributed by atoms with van der Waals surface area (Å²) in [4.78, 5) is 0.206. The molecule has 0 spiro atoms. The smallest absolute Gasteiger partial charge is 0.264 e. The minimum absolute atomic E-state index is 0.0555. The van der Waals surface area contributed by atoms with E-state index in [2.05, 4.69) is 9.88 Å². The summed E-state index contributed by atoms with van der Waals surface area (Å²) in [5.41, 5.74) is 2.96. The van der Waals surface area contributed by atoms with E-state index >= 15 is 0 Å². The molecule has 3 aromatic rings. The number of anilines is 1. The third-order valence-corrected chi connectivity index (χ3v) is 5.26. The van der Waals surface area contributed by atoms with Gasteiger partial charge in [0, 0.05) is 16.7 Å². The van der Waals surface area contributed by atoms with Crippen molar-refractivity contribution >= 4 is 27.5 Å². The molecule has 0 radical (unpaired) electrons. The van der Waals surface area contributed by atoms with Gasteiger partial charge in [0.1, 0.15) is 5.69 Å². The largest absolute Gasteiger partial charge is 0.337 e. The van der Waals surface area contributed by atoms with Gasteiger partial charge in [-0.15, -0.1) is 0 Å². The van der Waals surface area contributed by atoms with Crippen molar-refractivity contribution in [3.8, 4) is 11.3 Å². The van der Waals surface area contributed by atoms with E-state index in [0.29, 0.717) is 16.3 Å². The molecule has 7 heteroatoms. The number of halogens is 1. The summed E-state index contributed by atoms with van der Waals surface area (Å²) < 4.78 is 32.5. The van der Waals surface area contributed by atoms with Crippen molar-refractivity contribution in [2.45, 2.75) is 18.7 Å². The van der Waals surface area contributed by atoms with E-state index in [-0.39, 0.29) is 10.8 Å². The molecule has 1 N–H and O–H groups in total. The van der Waals surface area contributed by atoms with Gasteiger partial charge in [0.2, 0.25) is 5.88 Å². The zero-order valence-corrected chi connectivity index (χ0v) is 14.6. The Hall–Kier alpha value is -2.31. The van der Waals surface area contributed by atoms with E-state index in [1.165, 1.54) is 6.07 Å². The quantitative estimate of drug-likeness (QED) is 0.746. The maximum atomic E-state index is 12.5. The molecule has 24 heavy (non-hydrogen) atoms. The van der Waals surface area contributed by atoms with Gasteiger partial charge in [-0.25, -0.2) is 13.1 Å². The van der Waals surface area contributed by atoms with Crippen molar-refractivity contribution in [2.75, 3.05) is 4.72 Å². The molecular weight excluding hydrogens is 348 g/mol. The van der Waals surface area contributed by atoms with Crippen LogP contribution in [-0.4, -0.2) is 13.6 Å². The maximum Gasteiger partial charge on any atom is 0.264 e. The first kappa shape index (κ1) is 16.5. The monoisotopic (exact) mass is 362 g/mol. The van der Waals surface area contributed by atoms with Gasteiger partial charge < -0.3 is 4.52 Å². The lowest BCUT2D eigenvalue weighted by Crippen LogP contribution is -2.13. The molecule has 1 heterocycles. The summed E-state index contributed by atoms with van der Waals surface area (Å²) in [5, 5.41) is 4.49. The molecule has 0 fully saturated rings. The van der Waals surface area contributed by atoms with Crippen LogP contribution in [0.4, 0.5) is 5.88 Å². The average Bonchev–Trinajstić information content (AvgIpc) is 2.95. The lowest BCUT2D eigenvalue weighted by atomic mass is 10.1. The van der Waals surface area contributed by atoms with Crippen LogP contribution < -0.4 is 4.72 Å². The van der Waals surface area contributed by atoms with Gasteiger partial charge in [0.05, 0.1) is 4.90 Å². The average molecular weight is 363 g/mol. The lowest BCUT2D eigenvalue weighted by Gasteiger charge is -2.08. The van der Waals surface area contributed by atoms with Gasteiger partial charge in [0.25, 0.3) is 10.0 Å². The molecule has 0 unspecified atom stereocenters. The predicted octanol–water partition coefficient (Wildman–Crippen LogP) is 4.41. The van der Waals surface area contributed by atoms with E-state index in [0.717, 1.165) is 11.1 Å². The fourth-order valence-electron chi connectivity index (χ4n) is 2.37. The van der Waals surface area contributed by atoms with Crippen molar-refractivity contribution in [1.82, 2.24) is 5.16 Å². The number of hydrogen-bond acceptors (Lipinski definition) is 4. The highest BCUT2D eigenvalue weighted by molar-refractivity contribution is 7.92. The van der Waals surface area contributed by atoms with Crippen LogP contribution in [0.3, 0.4) is 0 Å². The summed E-state index contributed by atoms with van der Waals surface area (Å²) in [7, 11) is -3.74. The molecule has 0 aliphatic carbocycles. The van der Waals surface area contributed by atoms with E-state index in [1.54, 1.807) is 43.3 Å². The molecule has 0 aliphatic heterocycles. The highest BCUT2D eigenvalue weighted by atomic mass is 35.5. The second-order valence-electron chi connectivity index (χ2n) is 5.46. The molecule has 1 aromatic heterocycles. The first-order valence-corrected chi connectivity index (χ1v) is 9.04. The Morgan fingerprint density at radius 3 is 2.42 bits per heavy atom. The standard InChI is InChI=1S/C17H15ClN2O3S/c1-11-3-8-16(12(2)9-11)24(21,22)20-17-10-15(19-23-17)13-4-6-14(18)7-5-13/h3-10,20H,1-2H3. The minimum Gasteiger partial charge on any atom is -0.337 e. The summed E-state index contributed by atoms with van der Waals surface area (Å²) in [6.45, 7) is 3.66. The third kappa shape index (κ3) is 3.44. The Kier molecular flexibility index (Phi) is 4.34. The second kappa shape index (κ2) is 6.30. The summed E-state index contributed by atoms with van der Waals surface area (Å²) >= 11 is 5.85. The van der Waals surface area contributed by atoms with Crippen LogP contribution in [0.5, 0.6) is 0 Å². The fourth-order valence-corrected chi connectivity index (χ4v) is 3.70. The predicted molar refractivity (Wildman–Crippen MR) is 93.7 cm³/mol. The Labute approximate surface area is 145 Å². The van der Waals surface area contributed by atoms with Gasteiger partial charge in [0.15, 0.2) is 0 Å². The van der Waals surface area contributed by atoms with Gasteiger partial charge >= 0.3 is 0 Å². The molecule has 124 valence electrons. The Bertz CT molecular complexity index is 979. The lowest BCUT2D eigenvalue weighted by molar-refractivity contribution is 0.438. The van der Waals surface area contributed by atoms with Crippen molar-refractivity contribution in [2.24, 2.45) is 0 Å². The van der Waals surface area contributed by atoms with Crippen LogP contribution in [0.1, 0.15) is 11.1 Å². The van der Waals surface area contributed by atoms with Crippen LogP contribution >= 0.6 is 11.6 Å². The van der Waals surface area contributed by atoms with Crippen LogP contribution in [0.25, 0.3) is 11.3 Å². The molecule has 0 amide bonds. The van der Waals surface area contributed by atoms with Gasteiger partial charge in [-0.05, 0) is 37.6 Å². The normalized spacial score (nSPS) is 11.5. The molecule has 0 saturated heterocycles. The van der Waals surface area contributed by atoms with Crippen molar-refractivity contribution in [3.63, 3.8) is 0 Å². The number of benzene rings is 2. The second-order valence-corrected chi connectivity index (χ2v) is 7.55. The SMILES string of the molecule is Cc1ccc(S(=O)(=O)Nc2cc(-c3ccc(Cl)cc3)no2)c(C)c1. The summed E-state index contributed by atoms with van der Waals surface area (Å²) in [5.74, 6) is 0.0555. The molecule has 2 aromatic carbocycles. The summed E-state index contributed by atoms with van der Waals surface area (Å²) in [6.07, 6.45) is 0. The number of hydrogen-bond donors (Lipinski definition) is 1. The first-order chi connectivity index (χ1) is 11.3. The molecule has 5 nitrogen and oxygen atoms in total. The zero-order valence-electron chi connectivity index (χ0n) is 13.1. The van der Waals surface area contributed by atoms with Crippen molar-refractivity contribution in [3.05, 3.63) is 64.7 Å². The zero-order chi connectivity index (χ0) is 17.3. The van der Waals surface area contributed by atoms with E-state index in [1.807, 2.05) is 13.0 Å². The van der Waals surface area contributed by atoms with Crippen LogP contribution in [0, 0.1) is 13.8 Å². The molecule has 3 rings (SSSR count). The Morgan fingerprint density at radius 1 is 1.04 bits per heavy atom. The van der Waals surface area contributed by atoms with Crippen molar-refractivity contribution < 1.29 is 12.9 Å².